The molecule has 0 spiro atoms. The van der Waals surface area contributed by atoms with Crippen molar-refractivity contribution in [3.05, 3.63) is 89.4 Å². The molecule has 4 aromatic carbocycles. The Balaban J connectivity index is 1.79. The highest BCUT2D eigenvalue weighted by Crippen LogP contribution is 2.40. The molecule has 4 aromatic rings. The number of hydrogen-bond acceptors (Lipinski definition) is 6. The Morgan fingerprint density at radius 2 is 1.61 bits per heavy atom. The van der Waals surface area contributed by atoms with Crippen LogP contribution >= 0.6 is 11.6 Å². The van der Waals surface area contributed by atoms with E-state index in [1.54, 1.807) is 54.6 Å². The van der Waals surface area contributed by atoms with E-state index in [2.05, 4.69) is 15.5 Å². The number of halogens is 1. The van der Waals surface area contributed by atoms with Gasteiger partial charge in [0.2, 0.25) is 0 Å². The van der Waals surface area contributed by atoms with Gasteiger partial charge in [-0.3, -0.25) is 9.35 Å². The highest BCUT2D eigenvalue weighted by Gasteiger charge is 2.19. The molecule has 0 aliphatic rings. The van der Waals surface area contributed by atoms with Crippen molar-refractivity contribution in [3.8, 4) is 5.75 Å². The third-order valence-electron chi connectivity index (χ3n) is 4.73. The molecule has 33 heavy (non-hydrogen) atoms. The van der Waals surface area contributed by atoms with Crippen molar-refractivity contribution in [2.75, 3.05) is 5.32 Å². The standard InChI is InChI=1S/C23H16ClN3O5S/c24-19-11-10-16(13-20(19)33(30,31)32)26-27-21-17-9-5-4-6-14(17)12-18(22(21)28)23(29)25-15-7-2-1-3-8-15/h1-13,28H,(H,25,29)(H,30,31,32). The van der Waals surface area contributed by atoms with Crippen molar-refractivity contribution < 1.29 is 22.9 Å². The lowest BCUT2D eigenvalue weighted by Gasteiger charge is -2.11. The van der Waals surface area contributed by atoms with Gasteiger partial charge in [0.25, 0.3) is 16.0 Å². The number of hydrogen-bond donors (Lipinski definition) is 3. The van der Waals surface area contributed by atoms with Gasteiger partial charge >= 0.3 is 0 Å². The van der Waals surface area contributed by atoms with Crippen molar-refractivity contribution in [1.82, 2.24) is 0 Å². The molecule has 0 radical (unpaired) electrons. The van der Waals surface area contributed by atoms with E-state index in [9.17, 15) is 22.9 Å². The van der Waals surface area contributed by atoms with Crippen LogP contribution < -0.4 is 5.32 Å². The maximum absolute atomic E-state index is 12.8. The average molecular weight is 482 g/mol. The number of rotatable bonds is 5. The predicted octanol–water partition coefficient (Wildman–Crippen LogP) is 6.11. The second kappa shape index (κ2) is 8.99. The molecule has 0 heterocycles. The first-order valence-corrected chi connectivity index (χ1v) is 11.4. The highest BCUT2D eigenvalue weighted by atomic mass is 35.5. The summed E-state index contributed by atoms with van der Waals surface area (Å²) >= 11 is 5.83. The minimum absolute atomic E-state index is 0.0127. The predicted molar refractivity (Wildman–Crippen MR) is 125 cm³/mol. The first-order chi connectivity index (χ1) is 15.7. The van der Waals surface area contributed by atoms with E-state index in [0.717, 1.165) is 6.07 Å². The van der Waals surface area contributed by atoms with Crippen molar-refractivity contribution in [3.63, 3.8) is 0 Å². The summed E-state index contributed by atoms with van der Waals surface area (Å²) in [5, 5.41) is 22.6. The fourth-order valence-corrected chi connectivity index (χ4v) is 4.17. The molecule has 10 heteroatoms. The normalized spacial score (nSPS) is 11.7. The smallest absolute Gasteiger partial charge is 0.296 e. The first-order valence-electron chi connectivity index (χ1n) is 9.54. The Bertz CT molecular complexity index is 1510. The van der Waals surface area contributed by atoms with Crippen LogP contribution in [-0.4, -0.2) is 24.0 Å². The number of carbonyl (C=O) groups is 1. The third-order valence-corrected chi connectivity index (χ3v) is 6.06. The molecule has 0 aliphatic carbocycles. The molecule has 0 fully saturated rings. The van der Waals surface area contributed by atoms with Gasteiger partial charge in [-0.15, -0.1) is 5.11 Å². The number of amides is 1. The largest absolute Gasteiger partial charge is 0.505 e. The zero-order valence-corrected chi connectivity index (χ0v) is 18.4. The molecular weight excluding hydrogens is 466 g/mol. The quantitative estimate of drug-likeness (QED) is 0.234. The second-order valence-corrected chi connectivity index (χ2v) is 8.75. The van der Waals surface area contributed by atoms with Crippen LogP contribution in [0.5, 0.6) is 5.75 Å². The number of fused-ring (bicyclic) bond motifs is 1. The molecule has 0 aliphatic heterocycles. The third kappa shape index (κ3) is 4.85. The fourth-order valence-electron chi connectivity index (χ4n) is 3.17. The lowest BCUT2D eigenvalue weighted by molar-refractivity contribution is 0.102. The Morgan fingerprint density at radius 3 is 2.33 bits per heavy atom. The van der Waals surface area contributed by atoms with Gasteiger partial charge in [0.05, 0.1) is 16.3 Å². The molecular formula is C23H16ClN3O5S. The summed E-state index contributed by atoms with van der Waals surface area (Å²) < 4.78 is 32.3. The molecule has 0 unspecified atom stereocenters. The highest BCUT2D eigenvalue weighted by molar-refractivity contribution is 7.86. The average Bonchev–Trinajstić information content (AvgIpc) is 2.79. The first kappa shape index (κ1) is 22.4. The summed E-state index contributed by atoms with van der Waals surface area (Å²) in [4.78, 5) is 12.3. The Labute approximate surface area is 193 Å². The van der Waals surface area contributed by atoms with Gasteiger partial charge in [-0.2, -0.15) is 13.5 Å². The number of nitrogens with zero attached hydrogens (tertiary/aromatic N) is 2. The van der Waals surface area contributed by atoms with E-state index in [1.807, 2.05) is 6.07 Å². The van der Waals surface area contributed by atoms with E-state index in [1.165, 1.54) is 12.1 Å². The molecule has 3 N–H and O–H groups in total. The van der Waals surface area contributed by atoms with Crippen LogP contribution in [0.25, 0.3) is 10.8 Å². The van der Waals surface area contributed by atoms with Crippen LogP contribution in [0.2, 0.25) is 5.02 Å². The lowest BCUT2D eigenvalue weighted by atomic mass is 10.0. The summed E-state index contributed by atoms with van der Waals surface area (Å²) in [6.07, 6.45) is 0. The summed E-state index contributed by atoms with van der Waals surface area (Å²) in [5.74, 6) is -0.934. The minimum atomic E-state index is -4.57. The van der Waals surface area contributed by atoms with E-state index < -0.39 is 26.7 Å². The molecule has 0 saturated heterocycles. The molecule has 166 valence electrons. The van der Waals surface area contributed by atoms with Crippen molar-refractivity contribution in [1.29, 1.82) is 0 Å². The van der Waals surface area contributed by atoms with E-state index in [4.69, 9.17) is 11.6 Å². The van der Waals surface area contributed by atoms with Crippen LogP contribution in [0.3, 0.4) is 0 Å². The monoisotopic (exact) mass is 481 g/mol. The number of azo groups is 1. The molecule has 0 bridgehead atoms. The van der Waals surface area contributed by atoms with Gasteiger partial charge in [-0.25, -0.2) is 0 Å². The molecule has 0 aromatic heterocycles. The number of benzene rings is 4. The van der Waals surface area contributed by atoms with Gasteiger partial charge in [0.15, 0.2) is 5.75 Å². The van der Waals surface area contributed by atoms with Crippen LogP contribution in [-0.2, 0) is 10.1 Å². The van der Waals surface area contributed by atoms with Crippen LogP contribution in [0, 0.1) is 0 Å². The molecule has 8 nitrogen and oxygen atoms in total. The molecule has 1 amide bonds. The van der Waals surface area contributed by atoms with Gasteiger partial charge in [0, 0.05) is 11.1 Å². The number of nitrogens with one attached hydrogen (secondary N) is 1. The summed E-state index contributed by atoms with van der Waals surface area (Å²) in [6, 6.07) is 21.0. The van der Waals surface area contributed by atoms with E-state index in [0.29, 0.717) is 16.5 Å². The van der Waals surface area contributed by atoms with Crippen LogP contribution in [0.15, 0.2) is 94.0 Å². The maximum Gasteiger partial charge on any atom is 0.296 e. The van der Waals surface area contributed by atoms with Gasteiger partial charge in [-0.05, 0) is 41.8 Å². The molecule has 0 saturated carbocycles. The number of phenols is 1. The van der Waals surface area contributed by atoms with Crippen LogP contribution in [0.4, 0.5) is 17.1 Å². The van der Waals surface area contributed by atoms with E-state index in [-0.39, 0.29) is 22.0 Å². The van der Waals surface area contributed by atoms with Crippen molar-refractivity contribution in [2.45, 2.75) is 4.90 Å². The number of anilines is 1. The zero-order valence-electron chi connectivity index (χ0n) is 16.8. The molecule has 4 rings (SSSR count). The van der Waals surface area contributed by atoms with Crippen molar-refractivity contribution in [2.24, 2.45) is 10.2 Å². The Kier molecular flexibility index (Phi) is 6.10. The number of para-hydroxylation sites is 1. The molecule has 0 atom stereocenters. The van der Waals surface area contributed by atoms with Crippen molar-refractivity contribution >= 4 is 55.5 Å². The SMILES string of the molecule is O=C(Nc1ccccc1)c1cc2ccccc2c(N=Nc2ccc(Cl)c(S(=O)(=O)O)c2)c1O. The fraction of sp³-hybridized carbons (Fsp3) is 0. The topological polar surface area (TPSA) is 128 Å². The Hall–Kier alpha value is -3.79. The summed E-state index contributed by atoms with van der Waals surface area (Å²) in [5.41, 5.74) is 0.627. The number of aromatic hydroxyl groups is 1. The maximum atomic E-state index is 12.8. The Morgan fingerprint density at radius 1 is 0.909 bits per heavy atom. The van der Waals surface area contributed by atoms with Gasteiger partial charge in [-0.1, -0.05) is 54.1 Å². The van der Waals surface area contributed by atoms with E-state index >= 15 is 0 Å². The lowest BCUT2D eigenvalue weighted by Crippen LogP contribution is -2.12. The zero-order chi connectivity index (χ0) is 23.6. The van der Waals surface area contributed by atoms with Gasteiger partial charge in [0.1, 0.15) is 10.6 Å². The van der Waals surface area contributed by atoms with Gasteiger partial charge < -0.3 is 10.4 Å². The minimum Gasteiger partial charge on any atom is -0.505 e. The number of phenolic OH excluding ortho intramolecular Hbond substituents is 1. The number of carbonyl (C=O) groups excluding carboxylic acids is 1. The second-order valence-electron chi connectivity index (χ2n) is 6.95. The summed E-state index contributed by atoms with van der Waals surface area (Å²) in [7, 11) is -4.57. The summed E-state index contributed by atoms with van der Waals surface area (Å²) in [6.45, 7) is 0. The van der Waals surface area contributed by atoms with Crippen LogP contribution in [0.1, 0.15) is 10.4 Å².